The minimum Gasteiger partial charge on any atom is -0.456 e. The number of para-hydroxylation sites is 1. The molecule has 45 heavy (non-hydrogen) atoms. The normalized spacial score (nSPS) is 14.0. The van der Waals surface area contributed by atoms with Gasteiger partial charge in [-0.3, -0.25) is 0 Å². The van der Waals surface area contributed by atoms with E-state index in [1.807, 2.05) is 109 Å². The summed E-state index contributed by atoms with van der Waals surface area (Å²) in [5.41, 5.74) is 4.74. The molecule has 0 amide bonds. The number of benzene rings is 8. The topological polar surface area (TPSA) is 13.1 Å². The highest BCUT2D eigenvalue weighted by atomic mass is 16.3. The van der Waals surface area contributed by atoms with Crippen LogP contribution in [0.5, 0.6) is 0 Å². The van der Waals surface area contributed by atoms with E-state index in [1.54, 1.807) is 12.1 Å². The van der Waals surface area contributed by atoms with Gasteiger partial charge >= 0.3 is 0 Å². The SMILES string of the molecule is [2H]c1c([2H])c([2H])c(-c2c3ccccc3c(-c3c([2H])c([2H])c(-c4ccc5oc6ccccc6c5c4)c([2H])c3[2H])c3ccccc23)c(-c2ccccc2)c1[2H]. The van der Waals surface area contributed by atoms with Gasteiger partial charge in [0, 0.05) is 10.8 Å². The van der Waals surface area contributed by atoms with E-state index in [4.69, 9.17) is 8.53 Å². The molecule has 0 N–H and O–H groups in total. The Bertz CT molecular complexity index is 2900. The standard InChI is InChI=1S/C44H28O/c1-2-12-30(13-3-1)33-14-4-5-16-35(33)44-38-19-8-6-17-36(38)43(37-18-7-9-20-39(37)44)31-24-22-29(23-25-31)32-26-27-42-40(28-32)34-15-10-11-21-41(34)45-42/h1-28H/i4D,5D,14D,16D,22D,23D,24D,25D. The first-order chi connectivity index (χ1) is 25.7. The molecule has 0 spiro atoms. The van der Waals surface area contributed by atoms with E-state index in [9.17, 15) is 6.85 Å². The van der Waals surface area contributed by atoms with Gasteiger partial charge in [0.15, 0.2) is 0 Å². The predicted molar refractivity (Wildman–Crippen MR) is 190 cm³/mol. The Morgan fingerprint density at radius 2 is 0.889 bits per heavy atom. The molecular weight excluding hydrogens is 544 g/mol. The lowest BCUT2D eigenvalue weighted by Crippen LogP contribution is -1.92. The summed E-state index contributed by atoms with van der Waals surface area (Å²) in [7, 11) is 0. The van der Waals surface area contributed by atoms with E-state index < -0.39 is 0 Å². The van der Waals surface area contributed by atoms with Gasteiger partial charge in [0.2, 0.25) is 0 Å². The van der Waals surface area contributed by atoms with Crippen LogP contribution in [0, 0.1) is 0 Å². The molecule has 0 aliphatic heterocycles. The minimum atomic E-state index is -0.348. The van der Waals surface area contributed by atoms with Crippen molar-refractivity contribution >= 4 is 43.5 Å². The van der Waals surface area contributed by atoms with Gasteiger partial charge in [0.05, 0.1) is 11.0 Å². The maximum Gasteiger partial charge on any atom is 0.135 e. The van der Waals surface area contributed by atoms with Crippen molar-refractivity contribution < 1.29 is 15.4 Å². The molecule has 1 heterocycles. The van der Waals surface area contributed by atoms with Crippen LogP contribution in [-0.2, 0) is 0 Å². The third-order valence-electron chi connectivity index (χ3n) is 8.47. The Hall–Kier alpha value is -5.92. The molecule has 1 aromatic heterocycles. The van der Waals surface area contributed by atoms with Gasteiger partial charge in [-0.2, -0.15) is 0 Å². The van der Waals surface area contributed by atoms with Crippen molar-refractivity contribution in [2.75, 3.05) is 0 Å². The first-order valence-electron chi connectivity index (χ1n) is 18.8. The van der Waals surface area contributed by atoms with Gasteiger partial charge in [0.25, 0.3) is 0 Å². The first kappa shape index (κ1) is 18.7. The fourth-order valence-corrected chi connectivity index (χ4v) is 6.45. The van der Waals surface area contributed by atoms with Crippen molar-refractivity contribution in [1.82, 2.24) is 0 Å². The largest absolute Gasteiger partial charge is 0.456 e. The summed E-state index contributed by atoms with van der Waals surface area (Å²) in [6, 6.07) is 35.4. The molecule has 1 heteroatoms. The molecule has 0 aliphatic carbocycles. The Balaban J connectivity index is 1.36. The molecule has 0 unspecified atom stereocenters. The number of fused-ring (bicyclic) bond motifs is 5. The number of hydrogen-bond acceptors (Lipinski definition) is 1. The zero-order chi connectivity index (χ0) is 36.7. The van der Waals surface area contributed by atoms with Crippen LogP contribution < -0.4 is 0 Å². The quantitative estimate of drug-likeness (QED) is 0.189. The minimum absolute atomic E-state index is 0.149. The smallest absolute Gasteiger partial charge is 0.135 e. The zero-order valence-corrected chi connectivity index (χ0v) is 24.0. The van der Waals surface area contributed by atoms with Crippen molar-refractivity contribution in [3.8, 4) is 44.5 Å². The lowest BCUT2D eigenvalue weighted by Gasteiger charge is -2.19. The van der Waals surface area contributed by atoms with Crippen LogP contribution in [0.1, 0.15) is 11.0 Å². The first-order valence-corrected chi connectivity index (χ1v) is 14.8. The van der Waals surface area contributed by atoms with Crippen LogP contribution in [-0.4, -0.2) is 0 Å². The Morgan fingerprint density at radius 3 is 1.58 bits per heavy atom. The summed E-state index contributed by atoms with van der Waals surface area (Å²) in [6.07, 6.45) is 0. The van der Waals surface area contributed by atoms with Crippen LogP contribution in [0.2, 0.25) is 0 Å². The van der Waals surface area contributed by atoms with E-state index >= 15 is 0 Å². The Morgan fingerprint density at radius 1 is 0.356 bits per heavy atom. The van der Waals surface area contributed by atoms with E-state index in [-0.39, 0.29) is 59.5 Å². The second-order valence-corrected chi connectivity index (χ2v) is 11.0. The molecule has 8 aromatic carbocycles. The van der Waals surface area contributed by atoms with E-state index in [1.165, 1.54) is 0 Å². The lowest BCUT2D eigenvalue weighted by molar-refractivity contribution is 0.669. The maximum absolute atomic E-state index is 9.44. The van der Waals surface area contributed by atoms with Gasteiger partial charge < -0.3 is 4.42 Å². The molecule has 9 aromatic rings. The third-order valence-corrected chi connectivity index (χ3v) is 8.47. The van der Waals surface area contributed by atoms with Crippen molar-refractivity contribution in [2.45, 2.75) is 0 Å². The summed E-state index contributed by atoms with van der Waals surface area (Å²) in [4.78, 5) is 0. The molecule has 0 bridgehead atoms. The van der Waals surface area contributed by atoms with Gasteiger partial charge in [-0.25, -0.2) is 0 Å². The van der Waals surface area contributed by atoms with E-state index in [0.29, 0.717) is 60.5 Å². The molecule has 0 radical (unpaired) electrons. The monoisotopic (exact) mass is 580 g/mol. The zero-order valence-electron chi connectivity index (χ0n) is 32.0. The average molecular weight is 581 g/mol. The molecule has 0 fully saturated rings. The highest BCUT2D eigenvalue weighted by Gasteiger charge is 2.18. The van der Waals surface area contributed by atoms with Crippen LogP contribution >= 0.6 is 0 Å². The van der Waals surface area contributed by atoms with Crippen LogP contribution in [0.4, 0.5) is 0 Å². The van der Waals surface area contributed by atoms with E-state index in [0.717, 1.165) is 16.4 Å². The van der Waals surface area contributed by atoms with Crippen LogP contribution in [0.3, 0.4) is 0 Å². The molecule has 0 saturated heterocycles. The highest BCUT2D eigenvalue weighted by Crippen LogP contribution is 2.46. The fraction of sp³-hybridized carbons (Fsp3) is 0. The molecule has 210 valence electrons. The summed E-state index contributed by atoms with van der Waals surface area (Å²) >= 11 is 0. The lowest BCUT2D eigenvalue weighted by atomic mass is 9.83. The van der Waals surface area contributed by atoms with E-state index in [2.05, 4.69) is 0 Å². The summed E-state index contributed by atoms with van der Waals surface area (Å²) in [5.74, 6) is 0. The fourth-order valence-electron chi connectivity index (χ4n) is 6.45. The van der Waals surface area contributed by atoms with Crippen LogP contribution in [0.25, 0.3) is 88.0 Å². The van der Waals surface area contributed by atoms with Gasteiger partial charge in [0.1, 0.15) is 11.2 Å². The maximum atomic E-state index is 9.44. The Labute approximate surface area is 272 Å². The summed E-state index contributed by atoms with van der Waals surface area (Å²) in [6.45, 7) is 0. The molecule has 1 nitrogen and oxygen atoms in total. The molecular formula is C44H28O. The highest BCUT2D eigenvalue weighted by molar-refractivity contribution is 6.22. The summed E-state index contributed by atoms with van der Waals surface area (Å²) < 4.78 is 79.0. The number of hydrogen-bond donors (Lipinski definition) is 0. The van der Waals surface area contributed by atoms with Gasteiger partial charge in [-0.1, -0.05) is 151 Å². The van der Waals surface area contributed by atoms with Crippen molar-refractivity contribution in [2.24, 2.45) is 0 Å². The predicted octanol–water partition coefficient (Wildman–Crippen LogP) is 12.6. The number of furan rings is 1. The second kappa shape index (κ2) is 10.4. The second-order valence-electron chi connectivity index (χ2n) is 11.0. The molecule has 0 aliphatic rings. The average Bonchev–Trinajstić information content (AvgIpc) is 3.56. The molecule has 0 saturated carbocycles. The van der Waals surface area contributed by atoms with Gasteiger partial charge in [-0.05, 0) is 84.3 Å². The summed E-state index contributed by atoms with van der Waals surface area (Å²) in [5, 5.41) is 4.29. The number of rotatable bonds is 4. The van der Waals surface area contributed by atoms with Gasteiger partial charge in [-0.15, -0.1) is 0 Å². The van der Waals surface area contributed by atoms with Crippen molar-refractivity contribution in [3.05, 3.63) is 170 Å². The van der Waals surface area contributed by atoms with Crippen LogP contribution in [0.15, 0.2) is 174 Å². The van der Waals surface area contributed by atoms with Crippen molar-refractivity contribution in [1.29, 1.82) is 0 Å². The third kappa shape index (κ3) is 4.17. The molecule has 0 atom stereocenters. The molecule has 9 rings (SSSR count). The van der Waals surface area contributed by atoms with Crippen molar-refractivity contribution in [3.63, 3.8) is 0 Å². The Kier molecular flexibility index (Phi) is 4.30.